The van der Waals surface area contributed by atoms with Crippen molar-refractivity contribution in [1.82, 2.24) is 9.88 Å². The summed E-state index contributed by atoms with van der Waals surface area (Å²) in [5.74, 6) is -1.53. The summed E-state index contributed by atoms with van der Waals surface area (Å²) in [6, 6.07) is 2.32. The number of rotatable bonds is 6. The highest BCUT2D eigenvalue weighted by Crippen LogP contribution is 1.95. The highest BCUT2D eigenvalue weighted by molar-refractivity contribution is 5.87. The van der Waals surface area contributed by atoms with Crippen molar-refractivity contribution in [3.63, 3.8) is 0 Å². The molecular formula is C11H14N2O5. The third kappa shape index (κ3) is 4.02. The lowest BCUT2D eigenvalue weighted by Gasteiger charge is -2.07. The minimum Gasteiger partial charge on any atom is -0.478 e. The molecule has 0 fully saturated rings. The first kappa shape index (κ1) is 13.9. The van der Waals surface area contributed by atoms with Crippen LogP contribution in [-0.2, 0) is 16.1 Å². The first-order chi connectivity index (χ1) is 8.54. The molecule has 0 aromatic carbocycles. The van der Waals surface area contributed by atoms with Gasteiger partial charge in [0.25, 0.3) is 5.56 Å². The number of nitrogens with zero attached hydrogens (tertiary/aromatic N) is 1. The van der Waals surface area contributed by atoms with Gasteiger partial charge in [0.2, 0.25) is 5.91 Å². The minimum atomic E-state index is -1.15. The van der Waals surface area contributed by atoms with Crippen LogP contribution in [0.15, 0.2) is 23.1 Å². The second-order valence-electron chi connectivity index (χ2n) is 3.53. The van der Waals surface area contributed by atoms with Crippen LogP contribution in [0.25, 0.3) is 0 Å². The highest BCUT2D eigenvalue weighted by atomic mass is 16.5. The van der Waals surface area contributed by atoms with E-state index in [2.05, 4.69) is 5.32 Å². The second kappa shape index (κ2) is 6.55. The fourth-order valence-electron chi connectivity index (χ4n) is 1.28. The van der Waals surface area contributed by atoms with E-state index in [1.54, 1.807) is 0 Å². The van der Waals surface area contributed by atoms with Gasteiger partial charge in [-0.1, -0.05) is 0 Å². The van der Waals surface area contributed by atoms with Crippen molar-refractivity contribution in [2.75, 3.05) is 20.3 Å². The first-order valence-corrected chi connectivity index (χ1v) is 5.24. The summed E-state index contributed by atoms with van der Waals surface area (Å²) in [5.41, 5.74) is -0.471. The Hall–Kier alpha value is -2.15. The number of methoxy groups -OCH3 is 1. The Kier molecular flexibility index (Phi) is 5.06. The molecule has 0 unspecified atom stereocenters. The van der Waals surface area contributed by atoms with E-state index in [-0.39, 0.29) is 18.0 Å². The smallest absolute Gasteiger partial charge is 0.337 e. The van der Waals surface area contributed by atoms with E-state index in [4.69, 9.17) is 9.84 Å². The monoisotopic (exact) mass is 254 g/mol. The molecule has 7 heteroatoms. The Morgan fingerprint density at radius 1 is 1.44 bits per heavy atom. The normalized spacial score (nSPS) is 10.1. The second-order valence-corrected chi connectivity index (χ2v) is 3.53. The van der Waals surface area contributed by atoms with Gasteiger partial charge in [0.15, 0.2) is 0 Å². The minimum absolute atomic E-state index is 0.0423. The number of aromatic carboxylic acids is 1. The number of carboxylic acids is 1. The van der Waals surface area contributed by atoms with Crippen molar-refractivity contribution < 1.29 is 19.4 Å². The Bertz CT molecular complexity index is 494. The van der Waals surface area contributed by atoms with Gasteiger partial charge in [0, 0.05) is 25.9 Å². The van der Waals surface area contributed by atoms with Gasteiger partial charge in [-0.2, -0.15) is 0 Å². The van der Waals surface area contributed by atoms with Gasteiger partial charge in [-0.15, -0.1) is 0 Å². The average molecular weight is 254 g/mol. The average Bonchev–Trinajstić information content (AvgIpc) is 2.32. The van der Waals surface area contributed by atoms with Gasteiger partial charge < -0.3 is 19.7 Å². The fourth-order valence-corrected chi connectivity index (χ4v) is 1.28. The van der Waals surface area contributed by atoms with Crippen LogP contribution in [0.1, 0.15) is 10.4 Å². The lowest BCUT2D eigenvalue weighted by molar-refractivity contribution is -0.121. The molecule has 98 valence electrons. The highest BCUT2D eigenvalue weighted by Gasteiger charge is 2.08. The summed E-state index contributed by atoms with van der Waals surface area (Å²) in [6.45, 7) is 0.488. The van der Waals surface area contributed by atoms with Gasteiger partial charge in [-0.05, 0) is 6.07 Å². The van der Waals surface area contributed by atoms with Crippen LogP contribution in [0.2, 0.25) is 0 Å². The lowest BCUT2D eigenvalue weighted by atomic mass is 10.3. The van der Waals surface area contributed by atoms with E-state index in [0.29, 0.717) is 13.2 Å². The Morgan fingerprint density at radius 3 is 2.78 bits per heavy atom. The van der Waals surface area contributed by atoms with Crippen LogP contribution in [0, 0.1) is 0 Å². The number of nitrogens with one attached hydrogen (secondary N) is 1. The molecule has 0 aliphatic heterocycles. The van der Waals surface area contributed by atoms with E-state index < -0.39 is 11.5 Å². The summed E-state index contributed by atoms with van der Waals surface area (Å²) in [7, 11) is 1.51. The van der Waals surface area contributed by atoms with Crippen molar-refractivity contribution in [3.05, 3.63) is 34.2 Å². The summed E-state index contributed by atoms with van der Waals surface area (Å²) in [6.07, 6.45) is 1.14. The zero-order chi connectivity index (χ0) is 13.5. The summed E-state index contributed by atoms with van der Waals surface area (Å²) < 4.78 is 5.80. The molecule has 7 nitrogen and oxygen atoms in total. The first-order valence-electron chi connectivity index (χ1n) is 5.24. The number of amides is 1. The van der Waals surface area contributed by atoms with Gasteiger partial charge in [0.05, 0.1) is 12.2 Å². The Labute approximate surface area is 103 Å². The van der Waals surface area contributed by atoms with Crippen molar-refractivity contribution in [2.24, 2.45) is 0 Å². The topological polar surface area (TPSA) is 97.6 Å². The standard InChI is InChI=1S/C11H14N2O5/c1-18-5-4-12-9(14)7-13-6-8(11(16)17)2-3-10(13)15/h2-3,6H,4-5,7H2,1H3,(H,12,14)(H,16,17). The van der Waals surface area contributed by atoms with E-state index in [0.717, 1.165) is 16.8 Å². The molecule has 1 heterocycles. The molecule has 0 saturated carbocycles. The number of ether oxygens (including phenoxy) is 1. The Morgan fingerprint density at radius 2 is 2.17 bits per heavy atom. The maximum atomic E-state index is 11.4. The maximum Gasteiger partial charge on any atom is 0.337 e. The molecule has 0 radical (unpaired) electrons. The van der Waals surface area contributed by atoms with Crippen LogP contribution in [0.5, 0.6) is 0 Å². The summed E-state index contributed by atoms with van der Waals surface area (Å²) in [5, 5.41) is 11.3. The number of hydrogen-bond acceptors (Lipinski definition) is 4. The molecule has 2 N–H and O–H groups in total. The van der Waals surface area contributed by atoms with Crippen LogP contribution in [-0.4, -0.2) is 41.8 Å². The summed E-state index contributed by atoms with van der Waals surface area (Å²) >= 11 is 0. The summed E-state index contributed by atoms with van der Waals surface area (Å²) in [4.78, 5) is 33.6. The van der Waals surface area contributed by atoms with E-state index in [9.17, 15) is 14.4 Å². The SMILES string of the molecule is COCCNC(=O)Cn1cc(C(=O)O)ccc1=O. The maximum absolute atomic E-state index is 11.4. The molecule has 0 atom stereocenters. The van der Waals surface area contributed by atoms with Crippen LogP contribution in [0.3, 0.4) is 0 Å². The largest absolute Gasteiger partial charge is 0.478 e. The number of carbonyl (C=O) groups excluding carboxylic acids is 1. The molecule has 1 aromatic heterocycles. The molecule has 1 amide bonds. The number of hydrogen-bond donors (Lipinski definition) is 2. The van der Waals surface area contributed by atoms with Gasteiger partial charge in [-0.25, -0.2) is 4.79 Å². The zero-order valence-electron chi connectivity index (χ0n) is 9.88. The van der Waals surface area contributed by atoms with E-state index in [1.807, 2.05) is 0 Å². The van der Waals surface area contributed by atoms with Crippen LogP contribution >= 0.6 is 0 Å². The van der Waals surface area contributed by atoms with Crippen LogP contribution in [0.4, 0.5) is 0 Å². The number of aromatic nitrogens is 1. The predicted octanol–water partition coefficient (Wildman–Crippen LogP) is -0.691. The van der Waals surface area contributed by atoms with Gasteiger partial charge >= 0.3 is 5.97 Å². The molecule has 0 bridgehead atoms. The van der Waals surface area contributed by atoms with Crippen molar-refractivity contribution in [2.45, 2.75) is 6.54 Å². The molecule has 0 saturated heterocycles. The molecule has 0 aliphatic rings. The molecule has 0 spiro atoms. The predicted molar refractivity (Wildman–Crippen MR) is 62.5 cm³/mol. The van der Waals surface area contributed by atoms with Crippen molar-refractivity contribution in [1.29, 1.82) is 0 Å². The lowest BCUT2D eigenvalue weighted by Crippen LogP contribution is -2.33. The molecule has 18 heavy (non-hydrogen) atoms. The molecule has 0 aliphatic carbocycles. The third-order valence-electron chi connectivity index (χ3n) is 2.17. The fraction of sp³-hybridized carbons (Fsp3) is 0.364. The number of carbonyl (C=O) groups is 2. The van der Waals surface area contributed by atoms with Crippen molar-refractivity contribution >= 4 is 11.9 Å². The van der Waals surface area contributed by atoms with Gasteiger partial charge in [-0.3, -0.25) is 9.59 Å². The zero-order valence-corrected chi connectivity index (χ0v) is 9.88. The molecular weight excluding hydrogens is 240 g/mol. The van der Waals surface area contributed by atoms with Crippen LogP contribution < -0.4 is 10.9 Å². The quantitative estimate of drug-likeness (QED) is 0.655. The van der Waals surface area contributed by atoms with E-state index in [1.165, 1.54) is 13.2 Å². The number of pyridine rings is 1. The number of carboxylic acid groups (broad SMARTS) is 1. The third-order valence-corrected chi connectivity index (χ3v) is 2.17. The van der Waals surface area contributed by atoms with E-state index >= 15 is 0 Å². The Balaban J connectivity index is 2.71. The van der Waals surface area contributed by atoms with Gasteiger partial charge in [0.1, 0.15) is 6.54 Å². The van der Waals surface area contributed by atoms with Crippen molar-refractivity contribution in [3.8, 4) is 0 Å². The molecule has 1 rings (SSSR count). The molecule has 1 aromatic rings.